The van der Waals surface area contributed by atoms with Gasteiger partial charge in [0.1, 0.15) is 23.9 Å². The van der Waals surface area contributed by atoms with Crippen molar-refractivity contribution in [1.29, 1.82) is 0 Å². The van der Waals surface area contributed by atoms with Gasteiger partial charge in [-0.3, -0.25) is 14.4 Å². The highest BCUT2D eigenvalue weighted by atomic mass is 32.1. The molecule has 0 fully saturated rings. The van der Waals surface area contributed by atoms with E-state index < -0.39 is 47.9 Å². The number of carboxylic acids is 1. The molecule has 12 heteroatoms. The molecule has 0 radical (unpaired) electrons. The van der Waals surface area contributed by atoms with Crippen molar-refractivity contribution in [2.24, 2.45) is 11.7 Å². The van der Waals surface area contributed by atoms with Crippen LogP contribution in [0.5, 0.6) is 5.75 Å². The molecule has 0 bridgehead atoms. The van der Waals surface area contributed by atoms with Crippen LogP contribution in [0.3, 0.4) is 0 Å². The highest BCUT2D eigenvalue weighted by Crippen LogP contribution is 2.12. The average molecular weight is 487 g/mol. The van der Waals surface area contributed by atoms with E-state index in [1.165, 1.54) is 12.1 Å². The Hall–Kier alpha value is -2.44. The van der Waals surface area contributed by atoms with Crippen LogP contribution in [0.4, 0.5) is 0 Å². The Morgan fingerprint density at radius 1 is 0.906 bits per heavy atom. The first-order valence-electron chi connectivity index (χ1n) is 9.89. The van der Waals surface area contributed by atoms with Crippen LogP contribution in [0.25, 0.3) is 0 Å². The largest absolute Gasteiger partial charge is 0.508 e. The number of nitrogens with one attached hydrogen (secondary N) is 3. The predicted octanol–water partition coefficient (Wildman–Crippen LogP) is -0.683. The summed E-state index contributed by atoms with van der Waals surface area (Å²) in [6.45, 7) is 3.28. The van der Waals surface area contributed by atoms with Gasteiger partial charge in [-0.1, -0.05) is 26.0 Å². The Morgan fingerprint density at radius 3 is 1.91 bits per heavy atom. The second-order valence-corrected chi connectivity index (χ2v) is 8.26. The minimum Gasteiger partial charge on any atom is -0.508 e. The second kappa shape index (κ2) is 13.2. The first kappa shape index (κ1) is 27.6. The van der Waals surface area contributed by atoms with Crippen molar-refractivity contribution < 1.29 is 29.4 Å². The van der Waals surface area contributed by atoms with Gasteiger partial charge in [0.05, 0.1) is 6.04 Å². The van der Waals surface area contributed by atoms with Crippen molar-refractivity contribution in [1.82, 2.24) is 16.0 Å². The lowest BCUT2D eigenvalue weighted by Gasteiger charge is -2.25. The highest BCUT2D eigenvalue weighted by molar-refractivity contribution is 7.80. The maximum Gasteiger partial charge on any atom is 0.326 e. The molecule has 3 amide bonds. The van der Waals surface area contributed by atoms with Crippen LogP contribution in [0.2, 0.25) is 0 Å². The van der Waals surface area contributed by atoms with Gasteiger partial charge >= 0.3 is 5.97 Å². The number of carboxylic acid groups (broad SMARTS) is 1. The molecule has 4 atom stereocenters. The van der Waals surface area contributed by atoms with Crippen LogP contribution >= 0.6 is 25.3 Å². The number of phenolic OH excluding ortho intramolecular Hbond substituents is 1. The van der Waals surface area contributed by atoms with E-state index in [1.54, 1.807) is 26.0 Å². The van der Waals surface area contributed by atoms with Gasteiger partial charge in [0.15, 0.2) is 0 Å². The van der Waals surface area contributed by atoms with E-state index in [0.717, 1.165) is 0 Å². The molecule has 10 nitrogen and oxygen atoms in total. The summed E-state index contributed by atoms with van der Waals surface area (Å²) >= 11 is 8.06. The molecule has 7 N–H and O–H groups in total. The van der Waals surface area contributed by atoms with E-state index >= 15 is 0 Å². The number of carbonyl (C=O) groups excluding carboxylic acids is 3. The molecule has 0 saturated carbocycles. The number of aromatic hydroxyl groups is 1. The van der Waals surface area contributed by atoms with E-state index in [2.05, 4.69) is 41.2 Å². The number of hydrogen-bond donors (Lipinski definition) is 8. The number of nitrogens with two attached hydrogens (primary N) is 1. The SMILES string of the molecule is CC(C)C(NC(=O)C(CS)NC(=O)C(Cc1ccc(O)cc1)NC(=O)C(N)CS)C(=O)O. The molecular formula is C20H30N4O6S2. The molecular weight excluding hydrogens is 456 g/mol. The lowest BCUT2D eigenvalue weighted by atomic mass is 10.0. The topological polar surface area (TPSA) is 171 Å². The minimum atomic E-state index is -1.20. The average Bonchev–Trinajstić information content (AvgIpc) is 2.75. The number of rotatable bonds is 12. The van der Waals surface area contributed by atoms with Crippen molar-refractivity contribution in [2.75, 3.05) is 11.5 Å². The molecule has 0 aliphatic carbocycles. The number of thiol groups is 2. The van der Waals surface area contributed by atoms with Crippen LogP contribution in [-0.4, -0.2) is 69.6 Å². The van der Waals surface area contributed by atoms with Gasteiger partial charge in [0.25, 0.3) is 0 Å². The lowest BCUT2D eigenvalue weighted by Crippen LogP contribution is -2.58. The Balaban J connectivity index is 2.99. The fourth-order valence-corrected chi connectivity index (χ4v) is 3.10. The third kappa shape index (κ3) is 8.60. The summed E-state index contributed by atoms with van der Waals surface area (Å²) in [5, 5.41) is 26.1. The van der Waals surface area contributed by atoms with Crippen molar-refractivity contribution in [3.05, 3.63) is 29.8 Å². The van der Waals surface area contributed by atoms with Crippen LogP contribution in [-0.2, 0) is 25.6 Å². The third-order valence-corrected chi connectivity index (χ3v) is 5.35. The summed E-state index contributed by atoms with van der Waals surface area (Å²) in [6, 6.07) is 1.74. The maximum atomic E-state index is 12.9. The minimum absolute atomic E-state index is 0.0424. The van der Waals surface area contributed by atoms with Crippen molar-refractivity contribution in [3.8, 4) is 5.75 Å². The smallest absolute Gasteiger partial charge is 0.326 e. The van der Waals surface area contributed by atoms with Gasteiger partial charge in [-0.05, 0) is 23.6 Å². The van der Waals surface area contributed by atoms with Gasteiger partial charge in [0.2, 0.25) is 17.7 Å². The van der Waals surface area contributed by atoms with Gasteiger partial charge < -0.3 is 31.9 Å². The van der Waals surface area contributed by atoms with Crippen molar-refractivity contribution in [3.63, 3.8) is 0 Å². The molecule has 1 aromatic carbocycles. The third-order valence-electron chi connectivity index (χ3n) is 4.59. The molecule has 32 heavy (non-hydrogen) atoms. The number of phenols is 1. The zero-order valence-corrected chi connectivity index (χ0v) is 19.6. The quantitative estimate of drug-likeness (QED) is 0.181. The summed E-state index contributed by atoms with van der Waals surface area (Å²) in [5.41, 5.74) is 6.32. The second-order valence-electron chi connectivity index (χ2n) is 7.53. The standard InChI is InChI=1S/C20H30N4O6S2/c1-10(2)16(20(29)30)24-19(28)15(9-32)23-18(27)14(22-17(26)13(21)8-31)7-11-3-5-12(25)6-4-11/h3-6,10,13-16,25,31-32H,7-9,21H2,1-2H3,(H,22,26)(H,23,27)(H,24,28)(H,29,30). The first-order valence-corrected chi connectivity index (χ1v) is 11.2. The van der Waals surface area contributed by atoms with E-state index in [4.69, 9.17) is 5.73 Å². The van der Waals surface area contributed by atoms with Gasteiger partial charge in [-0.15, -0.1) is 0 Å². The lowest BCUT2D eigenvalue weighted by molar-refractivity contribution is -0.143. The molecule has 178 valence electrons. The maximum absolute atomic E-state index is 12.9. The van der Waals surface area contributed by atoms with Gasteiger partial charge in [0, 0.05) is 17.9 Å². The molecule has 0 spiro atoms. The first-order chi connectivity index (χ1) is 15.0. The van der Waals surface area contributed by atoms with E-state index in [-0.39, 0.29) is 29.6 Å². The Labute approximate surface area is 197 Å². The van der Waals surface area contributed by atoms with E-state index in [9.17, 15) is 29.4 Å². The van der Waals surface area contributed by atoms with Gasteiger partial charge in [-0.2, -0.15) is 25.3 Å². The number of carbonyl (C=O) groups is 4. The molecule has 1 rings (SSSR count). The Kier molecular flexibility index (Phi) is 11.4. The molecule has 0 aliphatic rings. The molecule has 0 aromatic heterocycles. The summed E-state index contributed by atoms with van der Waals surface area (Å²) in [4.78, 5) is 49.1. The molecule has 0 heterocycles. The summed E-state index contributed by atoms with van der Waals surface area (Å²) in [6.07, 6.45) is 0.0573. The number of aliphatic carboxylic acids is 1. The van der Waals surface area contributed by atoms with Crippen molar-refractivity contribution >= 4 is 48.9 Å². The number of hydrogen-bond acceptors (Lipinski definition) is 8. The molecule has 0 saturated heterocycles. The molecule has 4 unspecified atom stereocenters. The van der Waals surface area contributed by atoms with E-state index in [0.29, 0.717) is 5.56 Å². The van der Waals surface area contributed by atoms with Crippen LogP contribution in [0.1, 0.15) is 19.4 Å². The van der Waals surface area contributed by atoms with Crippen LogP contribution < -0.4 is 21.7 Å². The molecule has 0 aliphatic heterocycles. The van der Waals surface area contributed by atoms with Gasteiger partial charge in [-0.25, -0.2) is 4.79 Å². The normalized spacial score (nSPS) is 14.7. The Bertz CT molecular complexity index is 806. The van der Waals surface area contributed by atoms with E-state index in [1.807, 2.05) is 0 Å². The fraction of sp³-hybridized carbons (Fsp3) is 0.500. The van der Waals surface area contributed by atoms with Crippen LogP contribution in [0, 0.1) is 5.92 Å². The zero-order valence-electron chi connectivity index (χ0n) is 17.8. The molecule has 1 aromatic rings. The monoisotopic (exact) mass is 486 g/mol. The number of amides is 3. The summed E-state index contributed by atoms with van der Waals surface area (Å²) < 4.78 is 0. The fourth-order valence-electron chi connectivity index (χ4n) is 2.67. The summed E-state index contributed by atoms with van der Waals surface area (Å²) in [7, 11) is 0. The highest BCUT2D eigenvalue weighted by Gasteiger charge is 2.30. The van der Waals surface area contributed by atoms with Crippen LogP contribution in [0.15, 0.2) is 24.3 Å². The van der Waals surface area contributed by atoms with Crippen molar-refractivity contribution in [2.45, 2.75) is 44.4 Å². The zero-order chi connectivity index (χ0) is 24.4. The number of benzene rings is 1. The Morgan fingerprint density at radius 2 is 1.44 bits per heavy atom. The summed E-state index contributed by atoms with van der Waals surface area (Å²) in [5.74, 6) is -3.56. The predicted molar refractivity (Wildman–Crippen MR) is 126 cm³/mol.